The van der Waals surface area contributed by atoms with Crippen LogP contribution in [0.25, 0.3) is 0 Å². The predicted octanol–water partition coefficient (Wildman–Crippen LogP) is 3.30. The van der Waals surface area contributed by atoms with E-state index >= 15 is 0 Å². The molecule has 0 saturated heterocycles. The Morgan fingerprint density at radius 3 is 1.71 bits per heavy atom. The van der Waals surface area contributed by atoms with Crippen LogP contribution in [0.15, 0.2) is 60.7 Å². The maximum absolute atomic E-state index is 6.94. The van der Waals surface area contributed by atoms with E-state index in [1.807, 2.05) is 0 Å². The van der Waals surface area contributed by atoms with E-state index in [-0.39, 0.29) is 10.5 Å². The van der Waals surface area contributed by atoms with Crippen LogP contribution in [0.4, 0.5) is 0 Å². The van der Waals surface area contributed by atoms with Gasteiger partial charge >= 0.3 is 0 Å². The van der Waals surface area contributed by atoms with Gasteiger partial charge in [0, 0.05) is 18.6 Å². The van der Waals surface area contributed by atoms with Crippen molar-refractivity contribution in [2.45, 2.75) is 38.7 Å². The van der Waals surface area contributed by atoms with Crippen molar-refractivity contribution in [3.63, 3.8) is 0 Å². The highest BCUT2D eigenvalue weighted by Crippen LogP contribution is 2.46. The summed E-state index contributed by atoms with van der Waals surface area (Å²) >= 11 is 0. The Kier molecular flexibility index (Phi) is 4.69. The molecule has 1 aliphatic carbocycles. The van der Waals surface area contributed by atoms with Gasteiger partial charge in [0.15, 0.2) is 0 Å². The van der Waals surface area contributed by atoms with Crippen LogP contribution < -0.4 is 16.1 Å². The molecule has 0 aromatic heterocycles. The average Bonchev–Trinajstić information content (AvgIpc) is 3.37. The summed E-state index contributed by atoms with van der Waals surface area (Å²) in [4.78, 5) is 0. The van der Waals surface area contributed by atoms with E-state index in [0.29, 0.717) is 0 Å². The van der Waals surface area contributed by atoms with Crippen molar-refractivity contribution in [3.8, 4) is 0 Å². The van der Waals surface area contributed by atoms with Crippen LogP contribution in [-0.2, 0) is 4.43 Å². The first-order chi connectivity index (χ1) is 11.4. The maximum atomic E-state index is 6.94. The molecule has 1 aliphatic rings. The van der Waals surface area contributed by atoms with E-state index in [0.717, 1.165) is 13.2 Å². The molecule has 0 aliphatic heterocycles. The number of rotatable bonds is 6. The molecular formula is C21H29NOSi. The zero-order valence-electron chi connectivity index (χ0n) is 15.1. The van der Waals surface area contributed by atoms with Gasteiger partial charge in [0.2, 0.25) is 0 Å². The fourth-order valence-electron chi connectivity index (χ4n) is 3.61. The molecule has 1 saturated carbocycles. The molecule has 3 rings (SSSR count). The maximum Gasteiger partial charge on any atom is 0.261 e. The van der Waals surface area contributed by atoms with Crippen LogP contribution in [0.1, 0.15) is 33.6 Å². The molecule has 0 radical (unpaired) electrons. The number of hydrogen-bond donors (Lipinski definition) is 1. The Hall–Kier alpha value is -1.42. The summed E-state index contributed by atoms with van der Waals surface area (Å²) < 4.78 is 6.94. The summed E-state index contributed by atoms with van der Waals surface area (Å²) in [6.45, 7) is 8.46. The molecule has 1 fully saturated rings. The van der Waals surface area contributed by atoms with Crippen LogP contribution in [-0.4, -0.2) is 21.5 Å². The SMILES string of the molecule is CC(C)(C)[Si](OCC1(CN)CC1)(c1ccccc1)c1ccccc1. The molecule has 2 N–H and O–H groups in total. The summed E-state index contributed by atoms with van der Waals surface area (Å²) in [6, 6.07) is 21.7. The van der Waals surface area contributed by atoms with E-state index in [4.69, 9.17) is 10.2 Å². The summed E-state index contributed by atoms with van der Waals surface area (Å²) in [6.07, 6.45) is 2.39. The molecule has 0 spiro atoms. The van der Waals surface area contributed by atoms with Gasteiger partial charge in [0.25, 0.3) is 8.32 Å². The molecule has 0 unspecified atom stereocenters. The van der Waals surface area contributed by atoms with E-state index in [9.17, 15) is 0 Å². The fourth-order valence-corrected chi connectivity index (χ4v) is 8.29. The number of hydrogen-bond acceptors (Lipinski definition) is 2. The Balaban J connectivity index is 2.10. The Morgan fingerprint density at radius 2 is 1.38 bits per heavy atom. The first kappa shape index (κ1) is 17.4. The second kappa shape index (κ2) is 6.47. The molecule has 3 heteroatoms. The van der Waals surface area contributed by atoms with Gasteiger partial charge in [-0.25, -0.2) is 0 Å². The minimum atomic E-state index is -2.39. The lowest BCUT2D eigenvalue weighted by Crippen LogP contribution is -2.67. The molecule has 24 heavy (non-hydrogen) atoms. The van der Waals surface area contributed by atoms with Crippen molar-refractivity contribution in [1.29, 1.82) is 0 Å². The molecule has 2 aromatic rings. The lowest BCUT2D eigenvalue weighted by atomic mass is 10.1. The van der Waals surface area contributed by atoms with Gasteiger partial charge in [-0.15, -0.1) is 0 Å². The van der Waals surface area contributed by atoms with Crippen LogP contribution in [0.5, 0.6) is 0 Å². The third-order valence-corrected chi connectivity index (χ3v) is 10.4. The highest BCUT2D eigenvalue weighted by molar-refractivity contribution is 6.99. The smallest absolute Gasteiger partial charge is 0.261 e. The first-order valence-corrected chi connectivity index (χ1v) is 10.8. The molecular weight excluding hydrogens is 310 g/mol. The standard InChI is InChI=1S/C21H29NOSi/c1-20(2,3)24(18-10-6-4-7-11-18,19-12-8-5-9-13-19)23-17-21(16-22)14-15-21/h4-13H,14-17,22H2,1-3H3. The van der Waals surface area contributed by atoms with Crippen molar-refractivity contribution in [2.24, 2.45) is 11.1 Å². The van der Waals surface area contributed by atoms with Crippen LogP contribution in [0.3, 0.4) is 0 Å². The van der Waals surface area contributed by atoms with Crippen molar-refractivity contribution in [1.82, 2.24) is 0 Å². The van der Waals surface area contributed by atoms with Crippen molar-refractivity contribution in [2.75, 3.05) is 13.2 Å². The Morgan fingerprint density at radius 1 is 0.917 bits per heavy atom. The highest BCUT2D eigenvalue weighted by Gasteiger charge is 2.52. The fraction of sp³-hybridized carbons (Fsp3) is 0.429. The quantitative estimate of drug-likeness (QED) is 0.820. The predicted molar refractivity (Wildman–Crippen MR) is 104 cm³/mol. The van der Waals surface area contributed by atoms with Gasteiger partial charge in [-0.2, -0.15) is 0 Å². The van der Waals surface area contributed by atoms with Gasteiger partial charge in [-0.05, 0) is 28.3 Å². The number of nitrogens with two attached hydrogens (primary N) is 1. The van der Waals surface area contributed by atoms with Gasteiger partial charge < -0.3 is 10.2 Å². The third kappa shape index (κ3) is 3.08. The van der Waals surface area contributed by atoms with E-state index < -0.39 is 8.32 Å². The van der Waals surface area contributed by atoms with Gasteiger partial charge in [-0.1, -0.05) is 81.4 Å². The van der Waals surface area contributed by atoms with Crippen LogP contribution in [0, 0.1) is 5.41 Å². The lowest BCUT2D eigenvalue weighted by molar-refractivity contribution is 0.225. The molecule has 0 amide bonds. The summed E-state index contributed by atoms with van der Waals surface area (Å²) in [7, 11) is -2.39. The van der Waals surface area contributed by atoms with Crippen molar-refractivity contribution in [3.05, 3.63) is 60.7 Å². The minimum absolute atomic E-state index is 0.0420. The average molecular weight is 340 g/mol. The van der Waals surface area contributed by atoms with Crippen molar-refractivity contribution >= 4 is 18.7 Å². The van der Waals surface area contributed by atoms with Crippen LogP contribution >= 0.6 is 0 Å². The lowest BCUT2D eigenvalue weighted by Gasteiger charge is -2.43. The van der Waals surface area contributed by atoms with Crippen LogP contribution in [0.2, 0.25) is 5.04 Å². The normalized spacial score (nSPS) is 16.8. The van der Waals surface area contributed by atoms with Gasteiger partial charge in [0.1, 0.15) is 0 Å². The highest BCUT2D eigenvalue weighted by atomic mass is 28.4. The Labute approximate surface area is 147 Å². The zero-order valence-corrected chi connectivity index (χ0v) is 16.1. The van der Waals surface area contributed by atoms with Crippen molar-refractivity contribution < 1.29 is 4.43 Å². The second-order valence-electron chi connectivity index (χ2n) is 8.16. The number of benzene rings is 2. The third-order valence-electron chi connectivity index (χ3n) is 5.40. The van der Waals surface area contributed by atoms with E-state index in [2.05, 4.69) is 81.4 Å². The topological polar surface area (TPSA) is 35.2 Å². The zero-order chi connectivity index (χ0) is 17.3. The Bertz CT molecular complexity index is 620. The molecule has 128 valence electrons. The first-order valence-electron chi connectivity index (χ1n) is 8.89. The monoisotopic (exact) mass is 339 g/mol. The van der Waals surface area contributed by atoms with Gasteiger partial charge in [-0.3, -0.25) is 0 Å². The molecule has 2 nitrogen and oxygen atoms in total. The molecule has 2 aromatic carbocycles. The molecule has 0 bridgehead atoms. The van der Waals surface area contributed by atoms with E-state index in [1.165, 1.54) is 23.2 Å². The summed E-state index contributed by atoms with van der Waals surface area (Å²) in [5.41, 5.74) is 6.24. The summed E-state index contributed by atoms with van der Waals surface area (Å²) in [5, 5.41) is 2.73. The second-order valence-corrected chi connectivity index (χ2v) is 12.5. The minimum Gasteiger partial charge on any atom is -0.407 e. The molecule has 0 atom stereocenters. The summed E-state index contributed by atoms with van der Waals surface area (Å²) in [5.74, 6) is 0. The molecule has 0 heterocycles. The largest absolute Gasteiger partial charge is 0.407 e. The van der Waals surface area contributed by atoms with E-state index in [1.54, 1.807) is 0 Å². The van der Waals surface area contributed by atoms with Gasteiger partial charge in [0.05, 0.1) is 0 Å².